The number of ether oxygens (including phenoxy) is 2. The highest BCUT2D eigenvalue weighted by Crippen LogP contribution is 2.43. The van der Waals surface area contributed by atoms with Crippen LogP contribution < -0.4 is 0 Å². The molecule has 0 saturated carbocycles. The molecular weight excluding hydrogens is 268 g/mol. The first-order chi connectivity index (χ1) is 10.0. The minimum absolute atomic E-state index is 0.0806. The van der Waals surface area contributed by atoms with Crippen LogP contribution in [-0.4, -0.2) is 30.5 Å². The SMILES string of the molecule is Cc1oc(C)c(C(O)C2CCOC3(CCOCC3)C2)c1C. The Hall–Kier alpha value is -0.840. The van der Waals surface area contributed by atoms with E-state index >= 15 is 0 Å². The van der Waals surface area contributed by atoms with E-state index in [1.54, 1.807) is 0 Å². The van der Waals surface area contributed by atoms with Crippen molar-refractivity contribution in [1.82, 2.24) is 0 Å². The molecule has 21 heavy (non-hydrogen) atoms. The highest BCUT2D eigenvalue weighted by molar-refractivity contribution is 5.33. The zero-order valence-corrected chi connectivity index (χ0v) is 13.3. The molecule has 4 heteroatoms. The summed E-state index contributed by atoms with van der Waals surface area (Å²) in [6.45, 7) is 8.21. The Labute approximate surface area is 126 Å². The molecule has 2 unspecified atom stereocenters. The molecule has 118 valence electrons. The second kappa shape index (κ2) is 5.75. The van der Waals surface area contributed by atoms with Crippen molar-refractivity contribution >= 4 is 0 Å². The lowest BCUT2D eigenvalue weighted by Gasteiger charge is -2.44. The summed E-state index contributed by atoms with van der Waals surface area (Å²) in [5.74, 6) is 2.01. The third kappa shape index (κ3) is 2.77. The molecule has 1 spiro atoms. The lowest BCUT2D eigenvalue weighted by molar-refractivity contribution is -0.159. The van der Waals surface area contributed by atoms with Crippen LogP contribution in [0.2, 0.25) is 0 Å². The smallest absolute Gasteiger partial charge is 0.107 e. The van der Waals surface area contributed by atoms with Gasteiger partial charge in [-0.1, -0.05) is 0 Å². The van der Waals surface area contributed by atoms with Crippen LogP contribution in [0, 0.1) is 26.7 Å². The molecule has 0 aromatic carbocycles. The third-order valence-electron chi connectivity index (χ3n) is 5.29. The van der Waals surface area contributed by atoms with E-state index < -0.39 is 6.10 Å². The van der Waals surface area contributed by atoms with Gasteiger partial charge in [0.2, 0.25) is 0 Å². The monoisotopic (exact) mass is 294 g/mol. The molecule has 4 nitrogen and oxygen atoms in total. The highest BCUT2D eigenvalue weighted by Gasteiger charge is 2.42. The summed E-state index contributed by atoms with van der Waals surface area (Å²) >= 11 is 0. The lowest BCUT2D eigenvalue weighted by Crippen LogP contribution is -2.45. The number of furan rings is 1. The van der Waals surface area contributed by atoms with Crippen molar-refractivity contribution in [3.63, 3.8) is 0 Å². The van der Waals surface area contributed by atoms with E-state index in [2.05, 4.69) is 0 Å². The first-order valence-electron chi connectivity index (χ1n) is 7.99. The van der Waals surface area contributed by atoms with Crippen molar-refractivity contribution in [2.45, 2.75) is 58.2 Å². The van der Waals surface area contributed by atoms with Crippen molar-refractivity contribution in [2.75, 3.05) is 19.8 Å². The number of aliphatic hydroxyl groups is 1. The van der Waals surface area contributed by atoms with Crippen molar-refractivity contribution in [3.8, 4) is 0 Å². The molecule has 0 aliphatic carbocycles. The molecule has 3 rings (SSSR count). The topological polar surface area (TPSA) is 51.8 Å². The number of hydrogen-bond acceptors (Lipinski definition) is 4. The lowest BCUT2D eigenvalue weighted by atomic mass is 9.77. The van der Waals surface area contributed by atoms with Crippen molar-refractivity contribution in [1.29, 1.82) is 0 Å². The van der Waals surface area contributed by atoms with Gasteiger partial charge in [-0.3, -0.25) is 0 Å². The van der Waals surface area contributed by atoms with Crippen LogP contribution in [0.4, 0.5) is 0 Å². The van der Waals surface area contributed by atoms with Gasteiger partial charge in [-0.05, 0) is 57.9 Å². The fraction of sp³-hybridized carbons (Fsp3) is 0.765. The van der Waals surface area contributed by atoms with Gasteiger partial charge in [0.15, 0.2) is 0 Å². The minimum atomic E-state index is -0.453. The standard InChI is InChI=1S/C17H26O4/c1-11-12(2)21-13(3)15(11)16(18)14-4-7-20-17(10-14)5-8-19-9-6-17/h14,16,18H,4-10H2,1-3H3. The molecule has 2 saturated heterocycles. The van der Waals surface area contributed by atoms with Gasteiger partial charge in [-0.25, -0.2) is 0 Å². The van der Waals surface area contributed by atoms with Gasteiger partial charge in [-0.15, -0.1) is 0 Å². The molecule has 1 aromatic heterocycles. The average molecular weight is 294 g/mol. The highest BCUT2D eigenvalue weighted by atomic mass is 16.5. The fourth-order valence-electron chi connectivity index (χ4n) is 3.91. The van der Waals surface area contributed by atoms with E-state index in [-0.39, 0.29) is 11.5 Å². The van der Waals surface area contributed by atoms with Gasteiger partial charge in [0.05, 0.1) is 11.7 Å². The number of hydrogen-bond donors (Lipinski definition) is 1. The summed E-state index contributed by atoms with van der Waals surface area (Å²) in [6, 6.07) is 0. The molecule has 0 bridgehead atoms. The Morgan fingerprint density at radius 3 is 2.43 bits per heavy atom. The Morgan fingerprint density at radius 2 is 1.81 bits per heavy atom. The van der Waals surface area contributed by atoms with Crippen LogP contribution >= 0.6 is 0 Å². The van der Waals surface area contributed by atoms with Crippen molar-refractivity contribution < 1.29 is 19.0 Å². The fourth-order valence-corrected chi connectivity index (χ4v) is 3.91. The third-order valence-corrected chi connectivity index (χ3v) is 5.29. The normalized spacial score (nSPS) is 27.0. The van der Waals surface area contributed by atoms with Crippen molar-refractivity contribution in [3.05, 3.63) is 22.6 Å². The summed E-state index contributed by atoms with van der Waals surface area (Å²) in [6.07, 6.45) is 3.26. The van der Waals surface area contributed by atoms with Crippen LogP contribution in [-0.2, 0) is 9.47 Å². The molecule has 0 radical (unpaired) electrons. The maximum atomic E-state index is 10.9. The van der Waals surface area contributed by atoms with Gasteiger partial charge in [0, 0.05) is 25.4 Å². The minimum Gasteiger partial charge on any atom is -0.466 e. The first kappa shape index (κ1) is 15.1. The number of aryl methyl sites for hydroxylation is 2. The predicted molar refractivity (Wildman–Crippen MR) is 79.3 cm³/mol. The van der Waals surface area contributed by atoms with Gasteiger partial charge >= 0.3 is 0 Å². The Bertz CT molecular complexity index is 494. The molecule has 2 aliphatic rings. The zero-order valence-electron chi connectivity index (χ0n) is 13.3. The van der Waals surface area contributed by atoms with Crippen LogP contribution in [0.5, 0.6) is 0 Å². The molecule has 2 aliphatic heterocycles. The Kier molecular flexibility index (Phi) is 4.12. The van der Waals surface area contributed by atoms with Crippen LogP contribution in [0.3, 0.4) is 0 Å². The maximum Gasteiger partial charge on any atom is 0.107 e. The summed E-state index contributed by atoms with van der Waals surface area (Å²) < 4.78 is 17.2. The zero-order chi connectivity index (χ0) is 15.0. The predicted octanol–water partition coefficient (Wildman–Crippen LogP) is 3.21. The van der Waals surface area contributed by atoms with Gasteiger partial charge in [-0.2, -0.15) is 0 Å². The summed E-state index contributed by atoms with van der Waals surface area (Å²) in [5, 5.41) is 10.9. The molecule has 2 atom stereocenters. The number of aliphatic hydroxyl groups excluding tert-OH is 1. The molecular formula is C17H26O4. The summed E-state index contributed by atoms with van der Waals surface area (Å²) in [4.78, 5) is 0. The van der Waals surface area contributed by atoms with E-state index in [0.717, 1.165) is 68.2 Å². The molecule has 3 heterocycles. The largest absolute Gasteiger partial charge is 0.466 e. The average Bonchev–Trinajstić information content (AvgIpc) is 2.72. The molecule has 1 N–H and O–H groups in total. The first-order valence-corrected chi connectivity index (χ1v) is 7.99. The molecule has 2 fully saturated rings. The van der Waals surface area contributed by atoms with E-state index in [1.807, 2.05) is 20.8 Å². The van der Waals surface area contributed by atoms with Crippen molar-refractivity contribution in [2.24, 2.45) is 5.92 Å². The Balaban J connectivity index is 1.79. The second-order valence-electron chi connectivity index (χ2n) is 6.59. The Morgan fingerprint density at radius 1 is 1.10 bits per heavy atom. The van der Waals surface area contributed by atoms with E-state index in [0.29, 0.717) is 0 Å². The van der Waals surface area contributed by atoms with Crippen LogP contribution in [0.25, 0.3) is 0 Å². The molecule has 0 amide bonds. The van der Waals surface area contributed by atoms with Gasteiger partial charge < -0.3 is 19.0 Å². The summed E-state index contributed by atoms with van der Waals surface area (Å²) in [7, 11) is 0. The second-order valence-corrected chi connectivity index (χ2v) is 6.59. The molecule has 1 aromatic rings. The van der Waals surface area contributed by atoms with Gasteiger partial charge in [0.1, 0.15) is 11.5 Å². The number of rotatable bonds is 2. The van der Waals surface area contributed by atoms with E-state index in [9.17, 15) is 5.11 Å². The quantitative estimate of drug-likeness (QED) is 0.910. The van der Waals surface area contributed by atoms with E-state index in [1.165, 1.54) is 0 Å². The van der Waals surface area contributed by atoms with Gasteiger partial charge in [0.25, 0.3) is 0 Å². The van der Waals surface area contributed by atoms with Crippen LogP contribution in [0.15, 0.2) is 4.42 Å². The maximum absolute atomic E-state index is 10.9. The van der Waals surface area contributed by atoms with Crippen LogP contribution in [0.1, 0.15) is 54.4 Å². The summed E-state index contributed by atoms with van der Waals surface area (Å²) in [5.41, 5.74) is 2.00. The van der Waals surface area contributed by atoms with E-state index in [4.69, 9.17) is 13.9 Å².